The lowest BCUT2D eigenvalue weighted by molar-refractivity contribution is -0.134. The van der Waals surface area contributed by atoms with Crippen LogP contribution in [0.15, 0.2) is 42.0 Å². The van der Waals surface area contributed by atoms with Crippen molar-refractivity contribution in [1.29, 1.82) is 0 Å². The van der Waals surface area contributed by atoms with Gasteiger partial charge in [0.05, 0.1) is 12.1 Å². The Kier molecular flexibility index (Phi) is 6.97. The Morgan fingerprint density at radius 2 is 1.83 bits per heavy atom. The van der Waals surface area contributed by atoms with Crippen molar-refractivity contribution in [3.63, 3.8) is 0 Å². The van der Waals surface area contributed by atoms with Gasteiger partial charge in [-0.3, -0.25) is 4.79 Å². The molecule has 1 aromatic carbocycles. The van der Waals surface area contributed by atoms with Gasteiger partial charge in [-0.15, -0.1) is 0 Å². The van der Waals surface area contributed by atoms with Gasteiger partial charge in [-0.25, -0.2) is 4.79 Å². The zero-order valence-electron chi connectivity index (χ0n) is 14.2. The van der Waals surface area contributed by atoms with E-state index < -0.39 is 12.0 Å². The van der Waals surface area contributed by atoms with Crippen LogP contribution in [0.4, 0.5) is 0 Å². The molecule has 2 atom stereocenters. The standard InChI is InChI=1S/C18H26N2O3/c1-12(2)16(10-13(3)18(22)23)20(4)17(21)15(19)11-14-8-6-5-7-9-14/h5-10,12,15-16H,11,19H2,1-4H3,(H,22,23)/t15-,16+/m0/s1. The molecule has 0 aliphatic rings. The molecule has 23 heavy (non-hydrogen) atoms. The van der Waals surface area contributed by atoms with Crippen molar-refractivity contribution in [2.24, 2.45) is 11.7 Å². The van der Waals surface area contributed by atoms with Crippen LogP contribution in [0.2, 0.25) is 0 Å². The van der Waals surface area contributed by atoms with E-state index in [1.54, 1.807) is 18.0 Å². The molecule has 126 valence electrons. The first kappa shape index (κ1) is 18.9. The second-order valence-corrected chi connectivity index (χ2v) is 6.13. The molecule has 1 amide bonds. The Morgan fingerprint density at radius 1 is 1.26 bits per heavy atom. The maximum Gasteiger partial charge on any atom is 0.331 e. The normalized spacial score (nSPS) is 14.4. The molecule has 0 aliphatic heterocycles. The number of nitrogens with zero attached hydrogens (tertiary/aromatic N) is 1. The first-order valence-electron chi connectivity index (χ1n) is 7.72. The molecule has 5 heteroatoms. The number of hydrogen-bond donors (Lipinski definition) is 2. The molecule has 0 saturated carbocycles. The van der Waals surface area contributed by atoms with Gasteiger partial charge in [0.15, 0.2) is 0 Å². The lowest BCUT2D eigenvalue weighted by atomic mass is 9.98. The number of nitrogens with two attached hydrogens (primary N) is 1. The molecular formula is C18H26N2O3. The summed E-state index contributed by atoms with van der Waals surface area (Å²) in [6.45, 7) is 5.42. The van der Waals surface area contributed by atoms with Crippen molar-refractivity contribution in [1.82, 2.24) is 4.90 Å². The van der Waals surface area contributed by atoms with E-state index >= 15 is 0 Å². The van der Waals surface area contributed by atoms with Crippen molar-refractivity contribution >= 4 is 11.9 Å². The molecule has 0 saturated heterocycles. The minimum Gasteiger partial charge on any atom is -0.478 e. The molecule has 5 nitrogen and oxygen atoms in total. The number of carboxylic acid groups (broad SMARTS) is 1. The Bertz CT molecular complexity index is 567. The van der Waals surface area contributed by atoms with E-state index in [1.165, 1.54) is 6.92 Å². The molecule has 3 N–H and O–H groups in total. The summed E-state index contributed by atoms with van der Waals surface area (Å²) in [5.74, 6) is -1.09. The molecule has 0 aliphatic carbocycles. The molecule has 0 unspecified atom stereocenters. The van der Waals surface area contributed by atoms with E-state index in [0.717, 1.165) is 5.56 Å². The van der Waals surface area contributed by atoms with Gasteiger partial charge >= 0.3 is 5.97 Å². The average molecular weight is 318 g/mol. The fourth-order valence-corrected chi connectivity index (χ4v) is 2.44. The quantitative estimate of drug-likeness (QED) is 0.754. The van der Waals surface area contributed by atoms with Gasteiger partial charge in [0, 0.05) is 12.6 Å². The molecule has 0 heterocycles. The van der Waals surface area contributed by atoms with Gasteiger partial charge in [0.1, 0.15) is 0 Å². The van der Waals surface area contributed by atoms with E-state index in [1.807, 2.05) is 44.2 Å². The number of carbonyl (C=O) groups is 2. The molecule has 0 aromatic heterocycles. The first-order valence-corrected chi connectivity index (χ1v) is 7.72. The Morgan fingerprint density at radius 3 is 2.30 bits per heavy atom. The lowest BCUT2D eigenvalue weighted by Crippen LogP contribution is -2.48. The number of aliphatic carboxylic acids is 1. The van der Waals surface area contributed by atoms with Gasteiger partial charge in [-0.1, -0.05) is 50.3 Å². The average Bonchev–Trinajstić information content (AvgIpc) is 2.51. The van der Waals surface area contributed by atoms with E-state index in [-0.39, 0.29) is 23.4 Å². The second kappa shape index (κ2) is 8.48. The first-order chi connectivity index (χ1) is 10.7. The van der Waals surface area contributed by atoms with Crippen LogP contribution < -0.4 is 5.73 Å². The second-order valence-electron chi connectivity index (χ2n) is 6.13. The largest absolute Gasteiger partial charge is 0.478 e. The van der Waals surface area contributed by atoms with Crippen LogP contribution >= 0.6 is 0 Å². The minimum absolute atomic E-state index is 0.0853. The minimum atomic E-state index is -0.981. The fourth-order valence-electron chi connectivity index (χ4n) is 2.44. The predicted octanol–water partition coefficient (Wildman–Crippen LogP) is 2.07. The maximum atomic E-state index is 12.6. The third-order valence-corrected chi connectivity index (χ3v) is 3.85. The number of carbonyl (C=O) groups excluding carboxylic acids is 1. The summed E-state index contributed by atoms with van der Waals surface area (Å²) in [4.78, 5) is 25.1. The van der Waals surface area contributed by atoms with E-state index in [2.05, 4.69) is 0 Å². The molecule has 0 spiro atoms. The van der Waals surface area contributed by atoms with Crippen molar-refractivity contribution < 1.29 is 14.7 Å². The monoisotopic (exact) mass is 318 g/mol. The number of amides is 1. The third-order valence-electron chi connectivity index (χ3n) is 3.85. The van der Waals surface area contributed by atoms with Crippen LogP contribution in [0.5, 0.6) is 0 Å². The molecule has 1 aromatic rings. The Hall–Kier alpha value is -2.14. The molecule has 0 bridgehead atoms. The van der Waals surface area contributed by atoms with E-state index in [4.69, 9.17) is 10.8 Å². The molecule has 0 radical (unpaired) electrons. The smallest absolute Gasteiger partial charge is 0.331 e. The summed E-state index contributed by atoms with van der Waals surface area (Å²) < 4.78 is 0. The molecule has 0 fully saturated rings. The van der Waals surface area contributed by atoms with Gasteiger partial charge in [-0.05, 0) is 24.8 Å². The molecular weight excluding hydrogens is 292 g/mol. The van der Waals surface area contributed by atoms with E-state index in [0.29, 0.717) is 6.42 Å². The number of benzene rings is 1. The zero-order valence-corrected chi connectivity index (χ0v) is 14.2. The number of carboxylic acids is 1. The summed E-state index contributed by atoms with van der Waals surface area (Å²) >= 11 is 0. The topological polar surface area (TPSA) is 83.6 Å². The third kappa shape index (κ3) is 5.53. The summed E-state index contributed by atoms with van der Waals surface area (Å²) in [7, 11) is 1.67. The predicted molar refractivity (Wildman–Crippen MR) is 90.9 cm³/mol. The summed E-state index contributed by atoms with van der Waals surface area (Å²) in [6, 6.07) is 8.64. The Balaban J connectivity index is 2.86. The van der Waals surface area contributed by atoms with Crippen LogP contribution in [0.3, 0.4) is 0 Å². The highest BCUT2D eigenvalue weighted by Crippen LogP contribution is 2.15. The van der Waals surface area contributed by atoms with Crippen LogP contribution in [0.25, 0.3) is 0 Å². The van der Waals surface area contributed by atoms with Crippen LogP contribution in [0, 0.1) is 5.92 Å². The van der Waals surface area contributed by atoms with Gasteiger partial charge in [0.2, 0.25) is 5.91 Å². The fraction of sp³-hybridized carbons (Fsp3) is 0.444. The van der Waals surface area contributed by atoms with Gasteiger partial charge < -0.3 is 15.7 Å². The van der Waals surface area contributed by atoms with Gasteiger partial charge in [-0.2, -0.15) is 0 Å². The summed E-state index contributed by atoms with van der Waals surface area (Å²) in [6.07, 6.45) is 2.07. The van der Waals surface area contributed by atoms with Crippen molar-refractivity contribution in [2.75, 3.05) is 7.05 Å². The number of likely N-dealkylation sites (N-methyl/N-ethyl adjacent to an activating group) is 1. The van der Waals surface area contributed by atoms with Crippen molar-refractivity contribution in [3.05, 3.63) is 47.5 Å². The summed E-state index contributed by atoms with van der Waals surface area (Å²) in [5, 5.41) is 9.04. The van der Waals surface area contributed by atoms with Crippen LogP contribution in [-0.2, 0) is 16.0 Å². The highest BCUT2D eigenvalue weighted by atomic mass is 16.4. The van der Waals surface area contributed by atoms with Crippen LogP contribution in [0.1, 0.15) is 26.3 Å². The van der Waals surface area contributed by atoms with Crippen molar-refractivity contribution in [3.8, 4) is 0 Å². The number of hydrogen-bond acceptors (Lipinski definition) is 3. The van der Waals surface area contributed by atoms with E-state index in [9.17, 15) is 9.59 Å². The highest BCUT2D eigenvalue weighted by Gasteiger charge is 2.26. The Labute approximate surface area is 137 Å². The molecule has 1 rings (SSSR count). The zero-order chi connectivity index (χ0) is 17.6. The van der Waals surface area contributed by atoms with Crippen LogP contribution in [-0.4, -0.2) is 41.0 Å². The van der Waals surface area contributed by atoms with Gasteiger partial charge in [0.25, 0.3) is 0 Å². The highest BCUT2D eigenvalue weighted by molar-refractivity contribution is 5.86. The van der Waals surface area contributed by atoms with Crippen molar-refractivity contribution in [2.45, 2.75) is 39.3 Å². The maximum absolute atomic E-state index is 12.6. The SMILES string of the molecule is CC(=C[C@H](C(C)C)N(C)C(=O)[C@@H](N)Cc1ccccc1)C(=O)O. The summed E-state index contributed by atoms with van der Waals surface area (Å²) in [5.41, 5.74) is 7.27. The number of rotatable bonds is 7. The lowest BCUT2D eigenvalue weighted by Gasteiger charge is -2.31.